The van der Waals surface area contributed by atoms with E-state index >= 15 is 0 Å². The summed E-state index contributed by atoms with van der Waals surface area (Å²) in [6, 6.07) is 14.0. The van der Waals surface area contributed by atoms with Crippen molar-refractivity contribution in [2.24, 2.45) is 0 Å². The standard InChI is InChI=1S/C18H19NO2/c1-12-7-8-14(11-17(12)21-2)18(20)19-16-10-9-13-5-3-4-6-15(13)16/h3-8,11,16H,9-10H2,1-2H3,(H,19,20). The molecule has 0 fully saturated rings. The van der Waals surface area contributed by atoms with Gasteiger partial charge in [-0.05, 0) is 48.6 Å². The molecule has 3 nitrogen and oxygen atoms in total. The molecule has 3 heteroatoms. The minimum absolute atomic E-state index is 0.0463. The van der Waals surface area contributed by atoms with Crippen LogP contribution in [0.1, 0.15) is 39.5 Å². The van der Waals surface area contributed by atoms with E-state index in [1.54, 1.807) is 13.2 Å². The van der Waals surface area contributed by atoms with Crippen molar-refractivity contribution in [1.29, 1.82) is 0 Å². The predicted molar refractivity (Wildman–Crippen MR) is 82.7 cm³/mol. The highest BCUT2D eigenvalue weighted by Crippen LogP contribution is 2.31. The van der Waals surface area contributed by atoms with Crippen LogP contribution < -0.4 is 10.1 Å². The van der Waals surface area contributed by atoms with Crippen LogP contribution in [0, 0.1) is 6.92 Å². The van der Waals surface area contributed by atoms with Gasteiger partial charge < -0.3 is 10.1 Å². The lowest BCUT2D eigenvalue weighted by molar-refractivity contribution is 0.0936. The highest BCUT2D eigenvalue weighted by Gasteiger charge is 2.23. The minimum Gasteiger partial charge on any atom is -0.496 e. The molecule has 1 amide bonds. The number of hydrogen-bond donors (Lipinski definition) is 1. The van der Waals surface area contributed by atoms with E-state index in [2.05, 4.69) is 17.4 Å². The Kier molecular flexibility index (Phi) is 3.65. The van der Waals surface area contributed by atoms with E-state index in [4.69, 9.17) is 4.74 Å². The molecule has 1 N–H and O–H groups in total. The molecule has 108 valence electrons. The summed E-state index contributed by atoms with van der Waals surface area (Å²) >= 11 is 0. The van der Waals surface area contributed by atoms with Gasteiger partial charge in [0.25, 0.3) is 5.91 Å². The quantitative estimate of drug-likeness (QED) is 0.936. The average molecular weight is 281 g/mol. The zero-order chi connectivity index (χ0) is 14.8. The van der Waals surface area contributed by atoms with Crippen molar-refractivity contribution < 1.29 is 9.53 Å². The summed E-state index contributed by atoms with van der Waals surface area (Å²) in [6.07, 6.45) is 1.99. The van der Waals surface area contributed by atoms with Crippen molar-refractivity contribution in [3.63, 3.8) is 0 Å². The van der Waals surface area contributed by atoms with Gasteiger partial charge in [0, 0.05) is 5.56 Å². The van der Waals surface area contributed by atoms with Crippen LogP contribution in [0.4, 0.5) is 0 Å². The van der Waals surface area contributed by atoms with Gasteiger partial charge in [-0.2, -0.15) is 0 Å². The molecule has 0 bridgehead atoms. The Bertz CT molecular complexity index is 679. The number of aryl methyl sites for hydroxylation is 2. The maximum atomic E-state index is 12.4. The lowest BCUT2D eigenvalue weighted by Gasteiger charge is -2.15. The van der Waals surface area contributed by atoms with Gasteiger partial charge in [-0.1, -0.05) is 30.3 Å². The number of methoxy groups -OCH3 is 1. The lowest BCUT2D eigenvalue weighted by atomic mass is 10.1. The largest absolute Gasteiger partial charge is 0.496 e. The van der Waals surface area contributed by atoms with Crippen LogP contribution in [-0.4, -0.2) is 13.0 Å². The molecule has 0 aromatic heterocycles. The fourth-order valence-corrected chi connectivity index (χ4v) is 2.91. The molecule has 2 aromatic rings. The number of carbonyl (C=O) groups is 1. The van der Waals surface area contributed by atoms with Gasteiger partial charge in [0.1, 0.15) is 5.75 Å². The van der Waals surface area contributed by atoms with Crippen molar-refractivity contribution in [3.8, 4) is 5.75 Å². The maximum Gasteiger partial charge on any atom is 0.251 e. The molecule has 0 aliphatic heterocycles. The third-order valence-electron chi connectivity index (χ3n) is 4.11. The first-order valence-electron chi connectivity index (χ1n) is 7.22. The van der Waals surface area contributed by atoms with Gasteiger partial charge in [0.15, 0.2) is 0 Å². The second kappa shape index (κ2) is 5.60. The average Bonchev–Trinajstić information content (AvgIpc) is 2.91. The Morgan fingerprint density at radius 3 is 2.86 bits per heavy atom. The zero-order valence-corrected chi connectivity index (χ0v) is 12.3. The first kappa shape index (κ1) is 13.7. The molecule has 1 atom stereocenters. The second-order valence-electron chi connectivity index (χ2n) is 5.45. The molecule has 0 spiro atoms. The van der Waals surface area contributed by atoms with Crippen LogP contribution >= 0.6 is 0 Å². The normalized spacial score (nSPS) is 16.4. The van der Waals surface area contributed by atoms with E-state index in [1.807, 2.05) is 31.2 Å². The van der Waals surface area contributed by atoms with Crippen LogP contribution in [0.15, 0.2) is 42.5 Å². The molecular weight excluding hydrogens is 262 g/mol. The third-order valence-corrected chi connectivity index (χ3v) is 4.11. The number of benzene rings is 2. The summed E-state index contributed by atoms with van der Waals surface area (Å²) in [5.41, 5.74) is 4.25. The smallest absolute Gasteiger partial charge is 0.251 e. The molecule has 2 aromatic carbocycles. The van der Waals surface area contributed by atoms with Crippen LogP contribution in [-0.2, 0) is 6.42 Å². The third kappa shape index (κ3) is 2.64. The van der Waals surface area contributed by atoms with Crippen molar-refractivity contribution in [1.82, 2.24) is 5.32 Å². The van der Waals surface area contributed by atoms with Crippen molar-refractivity contribution in [2.45, 2.75) is 25.8 Å². The fourth-order valence-electron chi connectivity index (χ4n) is 2.91. The SMILES string of the molecule is COc1cc(C(=O)NC2CCc3ccccc32)ccc1C. The van der Waals surface area contributed by atoms with E-state index in [0.29, 0.717) is 5.56 Å². The van der Waals surface area contributed by atoms with Gasteiger partial charge in [-0.15, -0.1) is 0 Å². The molecule has 21 heavy (non-hydrogen) atoms. The van der Waals surface area contributed by atoms with Crippen molar-refractivity contribution in [2.75, 3.05) is 7.11 Å². The summed E-state index contributed by atoms with van der Waals surface area (Å²) in [5, 5.41) is 3.13. The second-order valence-corrected chi connectivity index (χ2v) is 5.45. The van der Waals surface area contributed by atoms with Gasteiger partial charge in [-0.3, -0.25) is 4.79 Å². The molecule has 0 radical (unpaired) electrons. The molecule has 0 heterocycles. The Hall–Kier alpha value is -2.29. The van der Waals surface area contributed by atoms with Crippen LogP contribution in [0.5, 0.6) is 5.75 Å². The minimum atomic E-state index is -0.0463. The molecular formula is C18H19NO2. The summed E-state index contributed by atoms with van der Waals surface area (Å²) in [4.78, 5) is 12.4. The van der Waals surface area contributed by atoms with E-state index in [1.165, 1.54) is 11.1 Å². The Balaban J connectivity index is 1.79. The summed E-state index contributed by atoms with van der Waals surface area (Å²) < 4.78 is 5.28. The number of fused-ring (bicyclic) bond motifs is 1. The first-order chi connectivity index (χ1) is 10.2. The monoisotopic (exact) mass is 281 g/mol. The Labute approximate surface area is 124 Å². The number of nitrogens with one attached hydrogen (secondary N) is 1. The predicted octanol–water partition coefficient (Wildman–Crippen LogP) is 3.42. The molecule has 1 unspecified atom stereocenters. The number of carbonyl (C=O) groups excluding carboxylic acids is 1. The number of rotatable bonds is 3. The number of ether oxygens (including phenoxy) is 1. The Morgan fingerprint density at radius 2 is 2.05 bits per heavy atom. The summed E-state index contributed by atoms with van der Waals surface area (Å²) in [5.74, 6) is 0.699. The fraction of sp³-hybridized carbons (Fsp3) is 0.278. The molecule has 0 saturated heterocycles. The van der Waals surface area contributed by atoms with Gasteiger partial charge in [0.2, 0.25) is 0 Å². The highest BCUT2D eigenvalue weighted by molar-refractivity contribution is 5.95. The topological polar surface area (TPSA) is 38.3 Å². The van der Waals surface area contributed by atoms with E-state index in [0.717, 1.165) is 24.2 Å². The van der Waals surface area contributed by atoms with E-state index in [9.17, 15) is 4.79 Å². The summed E-state index contributed by atoms with van der Waals surface area (Å²) in [6.45, 7) is 1.97. The van der Waals surface area contributed by atoms with Gasteiger partial charge in [0.05, 0.1) is 13.2 Å². The number of amides is 1. The molecule has 1 aliphatic carbocycles. The molecule has 3 rings (SSSR count). The van der Waals surface area contributed by atoms with E-state index in [-0.39, 0.29) is 11.9 Å². The van der Waals surface area contributed by atoms with Gasteiger partial charge in [-0.25, -0.2) is 0 Å². The molecule has 1 aliphatic rings. The first-order valence-corrected chi connectivity index (χ1v) is 7.22. The lowest BCUT2D eigenvalue weighted by Crippen LogP contribution is -2.27. The van der Waals surface area contributed by atoms with Gasteiger partial charge >= 0.3 is 0 Å². The Morgan fingerprint density at radius 1 is 1.24 bits per heavy atom. The van der Waals surface area contributed by atoms with E-state index < -0.39 is 0 Å². The van der Waals surface area contributed by atoms with Crippen LogP contribution in [0.2, 0.25) is 0 Å². The van der Waals surface area contributed by atoms with Crippen LogP contribution in [0.25, 0.3) is 0 Å². The summed E-state index contributed by atoms with van der Waals surface area (Å²) in [7, 11) is 1.62. The number of hydrogen-bond acceptors (Lipinski definition) is 2. The zero-order valence-electron chi connectivity index (χ0n) is 12.3. The maximum absolute atomic E-state index is 12.4. The van der Waals surface area contributed by atoms with Crippen molar-refractivity contribution in [3.05, 3.63) is 64.7 Å². The molecule has 0 saturated carbocycles. The van der Waals surface area contributed by atoms with Crippen LogP contribution in [0.3, 0.4) is 0 Å². The highest BCUT2D eigenvalue weighted by atomic mass is 16.5. The van der Waals surface area contributed by atoms with Crippen molar-refractivity contribution >= 4 is 5.91 Å².